The van der Waals surface area contributed by atoms with Crippen LogP contribution in [0.1, 0.15) is 182 Å². The van der Waals surface area contributed by atoms with Crippen LogP contribution in [0.2, 0.25) is 13.3 Å². The van der Waals surface area contributed by atoms with Crippen molar-refractivity contribution < 1.29 is 14.7 Å². The van der Waals surface area contributed by atoms with Crippen molar-refractivity contribution >= 4 is 43.3 Å². The predicted octanol–water partition coefficient (Wildman–Crippen LogP) is 11.2. The van der Waals surface area contributed by atoms with Crippen LogP contribution in [0.15, 0.2) is 0 Å². The number of aliphatic hydroxyl groups is 1. The number of hydrogen-bond acceptors (Lipinski definition) is 4. The van der Waals surface area contributed by atoms with Crippen molar-refractivity contribution in [2.75, 3.05) is 0 Å². The molecule has 0 amide bonds. The van der Waals surface area contributed by atoms with E-state index in [0.717, 1.165) is 25.7 Å². The second-order valence-electron chi connectivity index (χ2n) is 12.1. The van der Waals surface area contributed by atoms with Gasteiger partial charge in [0.1, 0.15) is 6.10 Å². The molecule has 2 atom stereocenters. The van der Waals surface area contributed by atoms with Gasteiger partial charge < -0.3 is 22.5 Å². The number of hydrogen-bond donors (Lipinski definition) is 1. The Bertz CT molecular complexity index is 505. The van der Waals surface area contributed by atoms with Gasteiger partial charge in [0.25, 0.3) is 0 Å². The van der Waals surface area contributed by atoms with Crippen LogP contribution in [-0.4, -0.2) is 41.9 Å². The number of carbonyl (C=O) groups is 2. The van der Waals surface area contributed by atoms with E-state index in [-0.39, 0.29) is 12.3 Å². The van der Waals surface area contributed by atoms with E-state index in [2.05, 4.69) is 40.3 Å². The fourth-order valence-corrected chi connectivity index (χ4v) is 14.0. The second-order valence-corrected chi connectivity index (χ2v) is 21.1. The Morgan fingerprint density at radius 2 is 0.925 bits per heavy atom. The zero-order valence-electron chi connectivity index (χ0n) is 27.7. The summed E-state index contributed by atoms with van der Waals surface area (Å²) in [6, 6.07) is 0. The van der Waals surface area contributed by atoms with E-state index >= 15 is 0 Å². The first-order valence-electron chi connectivity index (χ1n) is 17.6. The van der Waals surface area contributed by atoms with Crippen LogP contribution in [0.4, 0.5) is 0 Å². The molecule has 0 aliphatic carbocycles. The molecule has 5 heteroatoms. The first-order chi connectivity index (χ1) is 19.4. The molecule has 0 saturated carbocycles. The number of aliphatic hydroxyl groups excluding tert-OH is 1. The Labute approximate surface area is 264 Å². The summed E-state index contributed by atoms with van der Waals surface area (Å²) in [5.41, 5.74) is 0. The van der Waals surface area contributed by atoms with Gasteiger partial charge in [-0.25, -0.2) is 0 Å². The van der Waals surface area contributed by atoms with Gasteiger partial charge >= 0.3 is 169 Å². The summed E-state index contributed by atoms with van der Waals surface area (Å²) in [6.07, 6.45) is 29.6. The predicted molar refractivity (Wildman–Crippen MR) is 182 cm³/mol. The summed E-state index contributed by atoms with van der Waals surface area (Å²) >= 11 is 3.23. The van der Waals surface area contributed by atoms with Gasteiger partial charge in [-0.05, 0) is 5.92 Å². The second kappa shape index (κ2) is 33.8. The van der Waals surface area contributed by atoms with Crippen LogP contribution in [0.25, 0.3) is 0 Å². The Morgan fingerprint density at radius 1 is 0.575 bits per heavy atom. The number of rotatable bonds is 29. The summed E-state index contributed by atoms with van der Waals surface area (Å²) in [7, 11) is 0. The van der Waals surface area contributed by atoms with Crippen LogP contribution < -0.4 is 0 Å². The van der Waals surface area contributed by atoms with Crippen molar-refractivity contribution in [3.8, 4) is 0 Å². The topological polar surface area (TPSA) is 54.4 Å². The zero-order valence-corrected chi connectivity index (χ0v) is 31.4. The van der Waals surface area contributed by atoms with E-state index in [1.54, 1.807) is 32.6 Å². The molecule has 0 fully saturated rings. The first-order valence-corrected chi connectivity index (χ1v) is 24.1. The standard InChI is InChI=1S/C11H20O3S.3C8H17.Sn/c1-3-5-6-8(4-2)7-9(12)10(13)11(14)15;3*1-3-5-7-8-6-4-2;/h8,10,13H,3-7H2,1-2H3,(H,14,15);3*1,3-8H2,2H3;/q;;;;+1/p-1. The van der Waals surface area contributed by atoms with Crippen LogP contribution in [0, 0.1) is 5.92 Å². The van der Waals surface area contributed by atoms with Gasteiger partial charge in [-0.2, -0.15) is 0 Å². The molecule has 1 N–H and O–H groups in total. The molecule has 2 unspecified atom stereocenters. The number of Topliss-reactive ketones (excluding diaryl/α,β-unsaturated/α-hetero) is 1. The number of carbonyl (C=O) groups excluding carboxylic acids is 2. The van der Waals surface area contributed by atoms with E-state index in [0.29, 0.717) is 0 Å². The quantitative estimate of drug-likeness (QED) is 0.0368. The zero-order chi connectivity index (χ0) is 30.3. The van der Waals surface area contributed by atoms with Gasteiger partial charge in [-0.15, -0.1) is 0 Å². The van der Waals surface area contributed by atoms with E-state index in [1.165, 1.54) is 96.3 Å². The first kappa shape index (κ1) is 42.5. The Kier molecular flexibility index (Phi) is 35.9. The minimum atomic E-state index is -1.59. The van der Waals surface area contributed by atoms with E-state index in [9.17, 15) is 9.59 Å². The molecule has 0 bridgehead atoms. The van der Waals surface area contributed by atoms with Gasteiger partial charge in [0, 0.05) is 11.5 Å². The third kappa shape index (κ3) is 29.8. The molecule has 0 aliphatic rings. The molecule has 0 aliphatic heterocycles. The molecule has 0 heterocycles. The summed E-state index contributed by atoms with van der Waals surface area (Å²) in [6.45, 7) is 11.1. The Hall–Kier alpha value is 0.319. The van der Waals surface area contributed by atoms with Crippen LogP contribution in [-0.2, 0) is 22.2 Å². The molecule has 0 aromatic carbocycles. The average molecular weight is 690 g/mol. The van der Waals surface area contributed by atoms with Crippen LogP contribution in [0.5, 0.6) is 0 Å². The molecular formula is C35H70O3SSn. The van der Waals surface area contributed by atoms with Crippen molar-refractivity contribution in [1.82, 2.24) is 0 Å². The molecular weight excluding hydrogens is 619 g/mol. The molecule has 0 aromatic heterocycles. The van der Waals surface area contributed by atoms with Crippen molar-refractivity contribution in [3.05, 3.63) is 0 Å². The average Bonchev–Trinajstić information content (AvgIpc) is 2.95. The molecule has 238 valence electrons. The molecule has 40 heavy (non-hydrogen) atoms. The molecule has 3 nitrogen and oxygen atoms in total. The van der Waals surface area contributed by atoms with Crippen molar-refractivity contribution in [1.29, 1.82) is 0 Å². The number of ketones is 1. The molecule has 0 saturated heterocycles. The van der Waals surface area contributed by atoms with E-state index in [4.69, 9.17) is 5.11 Å². The Balaban J connectivity index is 0. The van der Waals surface area contributed by atoms with E-state index in [1.807, 2.05) is 6.92 Å². The normalized spacial score (nSPS) is 12.4. The minimum absolute atomic E-state index is 0.264. The van der Waals surface area contributed by atoms with Gasteiger partial charge in [0.2, 0.25) is 0 Å². The summed E-state index contributed by atoms with van der Waals surface area (Å²) < 4.78 is 5.16. The van der Waals surface area contributed by atoms with Crippen molar-refractivity contribution in [2.24, 2.45) is 5.92 Å². The van der Waals surface area contributed by atoms with Crippen LogP contribution in [0.3, 0.4) is 0 Å². The maximum atomic E-state index is 11.4. The van der Waals surface area contributed by atoms with Crippen molar-refractivity contribution in [2.45, 2.75) is 202 Å². The van der Waals surface area contributed by atoms with E-state index < -0.39 is 36.8 Å². The molecule has 0 radical (unpaired) electrons. The summed E-state index contributed by atoms with van der Waals surface area (Å²) in [4.78, 5) is 22.0. The number of unbranched alkanes of at least 4 members (excludes halogenated alkanes) is 16. The maximum absolute atomic E-state index is 11.4. The van der Waals surface area contributed by atoms with Gasteiger partial charge in [-0.3, -0.25) is 4.79 Å². The summed E-state index contributed by atoms with van der Waals surface area (Å²) in [5, 5.41) is 8.29. The SMILES string of the molecule is CCCCC(CC)CC(=O)C(O)C(=O)[S-].CCCCCCC[CH2][Sn+]([CH2]CCCCCCC)[CH2]CCCCCCC. The fourth-order valence-electron chi connectivity index (χ4n) is 5.31. The molecule has 0 spiro atoms. The van der Waals surface area contributed by atoms with Crippen molar-refractivity contribution in [3.63, 3.8) is 0 Å². The third-order valence-electron chi connectivity index (χ3n) is 8.21. The summed E-state index contributed by atoms with van der Waals surface area (Å²) in [5.74, 6) is -0.167. The van der Waals surface area contributed by atoms with Crippen LogP contribution >= 0.6 is 0 Å². The Morgan fingerprint density at radius 3 is 1.25 bits per heavy atom. The van der Waals surface area contributed by atoms with Gasteiger partial charge in [0.15, 0.2) is 5.78 Å². The third-order valence-corrected chi connectivity index (χ3v) is 17.5. The van der Waals surface area contributed by atoms with Gasteiger partial charge in [0.05, 0.1) is 0 Å². The fraction of sp³-hybridized carbons (Fsp3) is 0.943. The monoisotopic (exact) mass is 690 g/mol. The molecule has 0 rings (SSSR count). The van der Waals surface area contributed by atoms with Gasteiger partial charge in [-0.1, -0.05) is 39.5 Å². The molecule has 0 aromatic rings.